The van der Waals surface area contributed by atoms with E-state index in [0.717, 1.165) is 48.8 Å². The molecule has 0 aliphatic heterocycles. The normalized spacial score (nSPS) is 13.5. The second-order valence-corrected chi connectivity index (χ2v) is 5.57. The average Bonchev–Trinajstić information content (AvgIpc) is 3.26. The van der Waals surface area contributed by atoms with Gasteiger partial charge in [0.2, 0.25) is 0 Å². The van der Waals surface area contributed by atoms with E-state index in [4.69, 9.17) is 0 Å². The van der Waals surface area contributed by atoms with Crippen molar-refractivity contribution in [1.29, 1.82) is 0 Å². The first-order valence-corrected chi connectivity index (χ1v) is 7.73. The third-order valence-corrected chi connectivity index (χ3v) is 4.18. The van der Waals surface area contributed by atoms with Crippen molar-refractivity contribution in [3.63, 3.8) is 0 Å². The molecule has 0 radical (unpaired) electrons. The maximum absolute atomic E-state index is 4.57. The van der Waals surface area contributed by atoms with Crippen molar-refractivity contribution < 1.29 is 0 Å². The summed E-state index contributed by atoms with van der Waals surface area (Å²) in [5.74, 6) is 1.71. The summed E-state index contributed by atoms with van der Waals surface area (Å²) in [6.07, 6.45) is 9.88. The van der Waals surface area contributed by atoms with E-state index in [1.807, 2.05) is 18.5 Å². The van der Waals surface area contributed by atoms with Gasteiger partial charge >= 0.3 is 0 Å². The molecule has 0 fully saturated rings. The molecule has 4 rings (SSSR count). The minimum absolute atomic E-state index is 0.729. The number of aromatic amines is 1. The molecule has 6 nitrogen and oxygen atoms in total. The van der Waals surface area contributed by atoms with Crippen LogP contribution in [-0.2, 0) is 25.8 Å². The monoisotopic (exact) mass is 294 g/mol. The first-order valence-electron chi connectivity index (χ1n) is 7.73. The lowest BCUT2D eigenvalue weighted by atomic mass is 10.2. The number of fused-ring (bicyclic) bond motifs is 1. The fourth-order valence-corrected chi connectivity index (χ4v) is 3.04. The van der Waals surface area contributed by atoms with Gasteiger partial charge in [-0.25, -0.2) is 15.0 Å². The summed E-state index contributed by atoms with van der Waals surface area (Å²) in [5, 5.41) is 7.64. The smallest absolute Gasteiger partial charge is 0.159 e. The van der Waals surface area contributed by atoms with Gasteiger partial charge in [-0.05, 0) is 30.9 Å². The average molecular weight is 294 g/mol. The highest BCUT2D eigenvalue weighted by Crippen LogP contribution is 2.24. The largest absolute Gasteiger partial charge is 0.324 e. The highest BCUT2D eigenvalue weighted by atomic mass is 15.2. The molecule has 112 valence electrons. The third-order valence-electron chi connectivity index (χ3n) is 4.18. The van der Waals surface area contributed by atoms with Gasteiger partial charge in [0.25, 0.3) is 0 Å². The standard InChI is InChI=1S/C16H18N6/c1-2-15-17-7-6-13(19-15)16-18-8-9-22(16)10-14-11-4-3-5-12(11)20-21-14/h6-9H,2-5,10H2,1H3,(H,20,21). The van der Waals surface area contributed by atoms with Gasteiger partial charge in [0.05, 0.1) is 12.2 Å². The molecule has 22 heavy (non-hydrogen) atoms. The molecule has 3 heterocycles. The summed E-state index contributed by atoms with van der Waals surface area (Å²) in [4.78, 5) is 13.3. The summed E-state index contributed by atoms with van der Waals surface area (Å²) >= 11 is 0. The predicted molar refractivity (Wildman–Crippen MR) is 82.3 cm³/mol. The van der Waals surface area contributed by atoms with Gasteiger partial charge in [0.1, 0.15) is 11.5 Å². The predicted octanol–water partition coefficient (Wildman–Crippen LogP) is 2.16. The van der Waals surface area contributed by atoms with Gasteiger partial charge in [-0.2, -0.15) is 5.10 Å². The second kappa shape index (κ2) is 5.36. The molecule has 3 aromatic heterocycles. The molecule has 1 N–H and O–H groups in total. The van der Waals surface area contributed by atoms with Crippen LogP contribution in [-0.4, -0.2) is 29.7 Å². The maximum atomic E-state index is 4.57. The van der Waals surface area contributed by atoms with Crippen LogP contribution < -0.4 is 0 Å². The van der Waals surface area contributed by atoms with Crippen LogP contribution in [0.1, 0.15) is 36.1 Å². The van der Waals surface area contributed by atoms with Crippen LogP contribution >= 0.6 is 0 Å². The Labute approximate surface area is 128 Å². The molecule has 0 aromatic carbocycles. The number of hydrogen-bond donors (Lipinski definition) is 1. The Kier molecular flexibility index (Phi) is 3.21. The molecule has 0 amide bonds. The number of rotatable bonds is 4. The van der Waals surface area contributed by atoms with Crippen LogP contribution in [0.25, 0.3) is 11.5 Å². The molecule has 0 spiro atoms. The molecule has 0 bridgehead atoms. The SMILES string of the molecule is CCc1nccc(-c2nccn2Cc2n[nH]c3c2CCC3)n1. The summed E-state index contributed by atoms with van der Waals surface area (Å²) in [5.41, 5.74) is 4.67. The van der Waals surface area contributed by atoms with E-state index < -0.39 is 0 Å². The zero-order valence-electron chi connectivity index (χ0n) is 12.6. The highest BCUT2D eigenvalue weighted by Gasteiger charge is 2.19. The van der Waals surface area contributed by atoms with E-state index in [0.29, 0.717) is 0 Å². The lowest BCUT2D eigenvalue weighted by molar-refractivity contribution is 0.750. The Balaban J connectivity index is 1.67. The first-order chi connectivity index (χ1) is 10.8. The van der Waals surface area contributed by atoms with Crippen LogP contribution in [0.15, 0.2) is 24.7 Å². The third kappa shape index (κ3) is 2.20. The van der Waals surface area contributed by atoms with Gasteiger partial charge in [-0.15, -0.1) is 0 Å². The van der Waals surface area contributed by atoms with E-state index in [2.05, 4.69) is 36.6 Å². The lowest BCUT2D eigenvalue weighted by Crippen LogP contribution is -2.05. The highest BCUT2D eigenvalue weighted by molar-refractivity contribution is 5.49. The van der Waals surface area contributed by atoms with Crippen LogP contribution in [0, 0.1) is 0 Å². The first kappa shape index (κ1) is 13.2. The fraction of sp³-hybridized carbons (Fsp3) is 0.375. The molecule has 1 aliphatic rings. The molecular formula is C16H18N6. The van der Waals surface area contributed by atoms with Crippen molar-refractivity contribution in [2.75, 3.05) is 0 Å². The van der Waals surface area contributed by atoms with Crippen molar-refractivity contribution in [2.45, 2.75) is 39.2 Å². The zero-order chi connectivity index (χ0) is 14.9. The summed E-state index contributed by atoms with van der Waals surface area (Å²) in [7, 11) is 0. The van der Waals surface area contributed by atoms with E-state index >= 15 is 0 Å². The number of hydrogen-bond acceptors (Lipinski definition) is 4. The molecule has 0 saturated heterocycles. The van der Waals surface area contributed by atoms with Gasteiger partial charge in [0.15, 0.2) is 5.82 Å². The number of imidazole rings is 1. The van der Waals surface area contributed by atoms with Crippen molar-refractivity contribution >= 4 is 0 Å². The summed E-state index contributed by atoms with van der Waals surface area (Å²) in [6, 6.07) is 1.91. The van der Waals surface area contributed by atoms with Gasteiger partial charge in [-0.3, -0.25) is 5.10 Å². The van der Waals surface area contributed by atoms with Crippen molar-refractivity contribution in [2.24, 2.45) is 0 Å². The van der Waals surface area contributed by atoms with Crippen LogP contribution in [0.4, 0.5) is 0 Å². The number of aryl methyl sites for hydroxylation is 2. The molecule has 0 unspecified atom stereocenters. The molecule has 3 aromatic rings. The van der Waals surface area contributed by atoms with Gasteiger partial charge < -0.3 is 4.57 Å². The molecule has 6 heteroatoms. The lowest BCUT2D eigenvalue weighted by Gasteiger charge is -2.07. The topological polar surface area (TPSA) is 72.3 Å². The van der Waals surface area contributed by atoms with E-state index in [9.17, 15) is 0 Å². The molecule has 0 saturated carbocycles. The van der Waals surface area contributed by atoms with E-state index in [1.165, 1.54) is 17.7 Å². The number of nitrogens with zero attached hydrogens (tertiary/aromatic N) is 5. The fourth-order valence-electron chi connectivity index (χ4n) is 3.04. The van der Waals surface area contributed by atoms with Crippen LogP contribution in [0.2, 0.25) is 0 Å². The minimum Gasteiger partial charge on any atom is -0.324 e. The summed E-state index contributed by atoms with van der Waals surface area (Å²) in [6.45, 7) is 2.78. The van der Waals surface area contributed by atoms with Crippen LogP contribution in [0.5, 0.6) is 0 Å². The Morgan fingerprint density at radius 1 is 1.23 bits per heavy atom. The van der Waals surface area contributed by atoms with E-state index in [-0.39, 0.29) is 0 Å². The quantitative estimate of drug-likeness (QED) is 0.800. The molecular weight excluding hydrogens is 276 g/mol. The number of aromatic nitrogens is 6. The van der Waals surface area contributed by atoms with Crippen molar-refractivity contribution in [1.82, 2.24) is 29.7 Å². The Morgan fingerprint density at radius 2 is 2.18 bits per heavy atom. The van der Waals surface area contributed by atoms with E-state index in [1.54, 1.807) is 6.20 Å². The Bertz CT molecular complexity index is 801. The minimum atomic E-state index is 0.729. The van der Waals surface area contributed by atoms with Gasteiger partial charge in [0, 0.05) is 30.7 Å². The number of nitrogens with one attached hydrogen (secondary N) is 1. The van der Waals surface area contributed by atoms with Crippen LogP contribution in [0.3, 0.4) is 0 Å². The maximum Gasteiger partial charge on any atom is 0.159 e. The zero-order valence-corrected chi connectivity index (χ0v) is 12.6. The van der Waals surface area contributed by atoms with Crippen molar-refractivity contribution in [3.8, 4) is 11.5 Å². The van der Waals surface area contributed by atoms with Crippen molar-refractivity contribution in [3.05, 3.63) is 47.4 Å². The Morgan fingerprint density at radius 3 is 3.09 bits per heavy atom. The molecule has 1 aliphatic carbocycles. The number of H-pyrrole nitrogens is 1. The second-order valence-electron chi connectivity index (χ2n) is 5.57. The molecule has 0 atom stereocenters. The van der Waals surface area contributed by atoms with Gasteiger partial charge in [-0.1, -0.05) is 6.92 Å². The summed E-state index contributed by atoms with van der Waals surface area (Å²) < 4.78 is 2.11. The Hall–Kier alpha value is -2.50.